The van der Waals surface area contributed by atoms with E-state index in [1.807, 2.05) is 0 Å². The Morgan fingerprint density at radius 1 is 1.05 bits per heavy atom. The molecular formula is C18H21NO. The highest BCUT2D eigenvalue weighted by molar-refractivity contribution is 5.37. The Balaban J connectivity index is 1.82. The first-order valence-corrected chi connectivity index (χ1v) is 7.14. The van der Waals surface area contributed by atoms with Crippen LogP contribution in [0.3, 0.4) is 0 Å². The van der Waals surface area contributed by atoms with Gasteiger partial charge in [-0.05, 0) is 48.1 Å². The molecule has 1 heterocycles. The zero-order valence-electron chi connectivity index (χ0n) is 12.1. The minimum Gasteiger partial charge on any atom is -0.372 e. The van der Waals surface area contributed by atoms with Gasteiger partial charge in [-0.3, -0.25) is 0 Å². The monoisotopic (exact) mass is 267 g/mol. The van der Waals surface area contributed by atoms with Crippen molar-refractivity contribution in [2.24, 2.45) is 5.73 Å². The number of benzene rings is 2. The first-order valence-electron chi connectivity index (χ1n) is 7.14. The second-order valence-corrected chi connectivity index (χ2v) is 5.76. The zero-order valence-corrected chi connectivity index (χ0v) is 12.1. The van der Waals surface area contributed by atoms with Crippen molar-refractivity contribution < 1.29 is 4.74 Å². The second-order valence-electron chi connectivity index (χ2n) is 5.76. The van der Waals surface area contributed by atoms with Crippen LogP contribution >= 0.6 is 0 Å². The van der Waals surface area contributed by atoms with Crippen LogP contribution in [0.2, 0.25) is 0 Å². The molecule has 20 heavy (non-hydrogen) atoms. The zero-order chi connectivity index (χ0) is 14.1. The molecule has 0 aliphatic carbocycles. The van der Waals surface area contributed by atoms with Crippen molar-refractivity contribution in [3.63, 3.8) is 0 Å². The smallest absolute Gasteiger partial charge is 0.0725 e. The molecule has 2 heteroatoms. The summed E-state index contributed by atoms with van der Waals surface area (Å²) in [6.45, 7) is 5.74. The lowest BCUT2D eigenvalue weighted by Crippen LogP contribution is -2.14. The van der Waals surface area contributed by atoms with Crippen LogP contribution in [0, 0.1) is 13.8 Å². The molecule has 2 aromatic carbocycles. The number of rotatable bonds is 3. The number of ether oxygens (including phenoxy) is 1. The van der Waals surface area contributed by atoms with Gasteiger partial charge in [0.05, 0.1) is 13.2 Å². The summed E-state index contributed by atoms with van der Waals surface area (Å²) < 4.78 is 5.46. The summed E-state index contributed by atoms with van der Waals surface area (Å²) in [5.41, 5.74) is 14.1. The Bertz CT molecular complexity index is 633. The lowest BCUT2D eigenvalue weighted by molar-refractivity contribution is 0.134. The number of fused-ring (bicyclic) bond motifs is 1. The standard InChI is InChI=1S/C18H21NO/c1-12-3-4-13(2)16(7-12)9-18(19)14-5-6-15-10-20-11-17(15)8-14/h3-8,18H,9-11,19H2,1-2H3. The van der Waals surface area contributed by atoms with Crippen molar-refractivity contribution in [3.8, 4) is 0 Å². The molecule has 1 aliphatic rings. The maximum atomic E-state index is 6.40. The molecule has 1 unspecified atom stereocenters. The number of aryl methyl sites for hydroxylation is 2. The van der Waals surface area contributed by atoms with Gasteiger partial charge in [-0.15, -0.1) is 0 Å². The molecule has 2 nitrogen and oxygen atoms in total. The van der Waals surface area contributed by atoms with Gasteiger partial charge in [0.1, 0.15) is 0 Å². The first-order chi connectivity index (χ1) is 9.63. The van der Waals surface area contributed by atoms with Crippen LogP contribution in [0.15, 0.2) is 36.4 Å². The predicted octanol–water partition coefficient (Wildman–Crippen LogP) is 3.58. The summed E-state index contributed by atoms with van der Waals surface area (Å²) in [5.74, 6) is 0. The van der Waals surface area contributed by atoms with Gasteiger partial charge in [0.2, 0.25) is 0 Å². The fraction of sp³-hybridized carbons (Fsp3) is 0.333. The van der Waals surface area contributed by atoms with Gasteiger partial charge in [-0.1, -0.05) is 42.0 Å². The average molecular weight is 267 g/mol. The van der Waals surface area contributed by atoms with Crippen LogP contribution in [0.25, 0.3) is 0 Å². The fourth-order valence-electron chi connectivity index (χ4n) is 2.80. The van der Waals surface area contributed by atoms with Crippen molar-refractivity contribution >= 4 is 0 Å². The maximum Gasteiger partial charge on any atom is 0.0725 e. The molecular weight excluding hydrogens is 246 g/mol. The molecule has 0 saturated carbocycles. The predicted molar refractivity (Wildman–Crippen MR) is 81.5 cm³/mol. The van der Waals surface area contributed by atoms with E-state index in [1.165, 1.54) is 33.4 Å². The van der Waals surface area contributed by atoms with Crippen LogP contribution in [0.4, 0.5) is 0 Å². The summed E-state index contributed by atoms with van der Waals surface area (Å²) in [7, 11) is 0. The third-order valence-corrected chi connectivity index (χ3v) is 4.12. The number of hydrogen-bond donors (Lipinski definition) is 1. The van der Waals surface area contributed by atoms with Crippen molar-refractivity contribution in [2.75, 3.05) is 0 Å². The van der Waals surface area contributed by atoms with E-state index in [4.69, 9.17) is 10.5 Å². The highest BCUT2D eigenvalue weighted by atomic mass is 16.5. The SMILES string of the molecule is Cc1ccc(C)c(CC(N)c2ccc3c(c2)COC3)c1. The van der Waals surface area contributed by atoms with Gasteiger partial charge in [-0.25, -0.2) is 0 Å². The Hall–Kier alpha value is -1.64. The van der Waals surface area contributed by atoms with Gasteiger partial charge in [-0.2, -0.15) is 0 Å². The van der Waals surface area contributed by atoms with Gasteiger partial charge < -0.3 is 10.5 Å². The Morgan fingerprint density at radius 2 is 1.85 bits per heavy atom. The quantitative estimate of drug-likeness (QED) is 0.922. The number of hydrogen-bond acceptors (Lipinski definition) is 2. The lowest BCUT2D eigenvalue weighted by atomic mass is 9.94. The summed E-state index contributed by atoms with van der Waals surface area (Å²) in [6.07, 6.45) is 0.882. The Morgan fingerprint density at radius 3 is 2.70 bits per heavy atom. The second kappa shape index (κ2) is 5.39. The minimum atomic E-state index is 0.0430. The van der Waals surface area contributed by atoms with Gasteiger partial charge >= 0.3 is 0 Å². The highest BCUT2D eigenvalue weighted by Gasteiger charge is 2.15. The molecule has 0 radical (unpaired) electrons. The van der Waals surface area contributed by atoms with E-state index >= 15 is 0 Å². The summed E-state index contributed by atoms with van der Waals surface area (Å²) in [4.78, 5) is 0. The third-order valence-electron chi connectivity index (χ3n) is 4.12. The van der Waals surface area contributed by atoms with Crippen LogP contribution in [-0.2, 0) is 24.4 Å². The van der Waals surface area contributed by atoms with Crippen LogP contribution in [-0.4, -0.2) is 0 Å². The van der Waals surface area contributed by atoms with Crippen molar-refractivity contribution in [2.45, 2.75) is 39.5 Å². The largest absolute Gasteiger partial charge is 0.372 e. The third kappa shape index (κ3) is 2.62. The number of nitrogens with two attached hydrogens (primary N) is 1. The van der Waals surface area contributed by atoms with E-state index in [1.54, 1.807) is 0 Å². The van der Waals surface area contributed by atoms with Crippen molar-refractivity contribution in [3.05, 3.63) is 69.8 Å². The molecule has 3 rings (SSSR count). The van der Waals surface area contributed by atoms with Crippen LogP contribution in [0.1, 0.15) is 39.4 Å². The molecule has 2 aromatic rings. The minimum absolute atomic E-state index is 0.0430. The maximum absolute atomic E-state index is 6.40. The van der Waals surface area contributed by atoms with Gasteiger partial charge in [0.25, 0.3) is 0 Å². The molecule has 1 atom stereocenters. The molecule has 0 aromatic heterocycles. The Labute approximate surface area is 120 Å². The van der Waals surface area contributed by atoms with Crippen LogP contribution < -0.4 is 5.73 Å². The van der Waals surface area contributed by atoms with E-state index in [0.717, 1.165) is 19.6 Å². The van der Waals surface area contributed by atoms with Gasteiger partial charge in [0.15, 0.2) is 0 Å². The molecule has 0 saturated heterocycles. The summed E-state index contributed by atoms with van der Waals surface area (Å²) >= 11 is 0. The summed E-state index contributed by atoms with van der Waals surface area (Å²) in [6, 6.07) is 13.1. The van der Waals surface area contributed by atoms with E-state index < -0.39 is 0 Å². The molecule has 2 N–H and O–H groups in total. The normalized spacial score (nSPS) is 15.2. The molecule has 0 bridgehead atoms. The average Bonchev–Trinajstić information content (AvgIpc) is 2.90. The van der Waals surface area contributed by atoms with Crippen molar-refractivity contribution in [1.29, 1.82) is 0 Å². The van der Waals surface area contributed by atoms with Crippen LogP contribution in [0.5, 0.6) is 0 Å². The molecule has 0 spiro atoms. The molecule has 0 fully saturated rings. The molecule has 0 amide bonds. The summed E-state index contributed by atoms with van der Waals surface area (Å²) in [5, 5.41) is 0. The van der Waals surface area contributed by atoms with E-state index in [2.05, 4.69) is 50.2 Å². The first kappa shape index (κ1) is 13.3. The highest BCUT2D eigenvalue weighted by Crippen LogP contribution is 2.25. The van der Waals surface area contributed by atoms with Gasteiger partial charge in [0, 0.05) is 6.04 Å². The van der Waals surface area contributed by atoms with E-state index in [-0.39, 0.29) is 6.04 Å². The lowest BCUT2D eigenvalue weighted by Gasteiger charge is -2.15. The molecule has 104 valence electrons. The Kier molecular flexibility index (Phi) is 3.60. The fourth-order valence-corrected chi connectivity index (χ4v) is 2.80. The molecule has 1 aliphatic heterocycles. The van der Waals surface area contributed by atoms with E-state index in [9.17, 15) is 0 Å². The topological polar surface area (TPSA) is 35.2 Å². The van der Waals surface area contributed by atoms with Crippen molar-refractivity contribution in [1.82, 2.24) is 0 Å². The van der Waals surface area contributed by atoms with E-state index in [0.29, 0.717) is 0 Å².